The molecule has 0 N–H and O–H groups in total. The maximum atomic E-state index is 16.3. The van der Waals surface area contributed by atoms with E-state index in [0.29, 0.717) is 26.7 Å². The number of esters is 1. The van der Waals surface area contributed by atoms with E-state index in [4.69, 9.17) is 9.47 Å². The van der Waals surface area contributed by atoms with Crippen molar-refractivity contribution in [1.82, 2.24) is 0 Å². The summed E-state index contributed by atoms with van der Waals surface area (Å²) in [7, 11) is -0.0126. The number of rotatable bonds is 8. The molecule has 0 amide bonds. The van der Waals surface area contributed by atoms with Crippen molar-refractivity contribution in [3.05, 3.63) is 89.5 Å². The fourth-order valence-corrected chi connectivity index (χ4v) is 4.92. The molecule has 0 saturated heterocycles. The van der Waals surface area contributed by atoms with Gasteiger partial charge in [-0.3, -0.25) is 4.79 Å². The zero-order valence-corrected chi connectivity index (χ0v) is 21.0. The number of alkyl halides is 1. The number of hydrogen-bond donors (Lipinski definition) is 0. The summed E-state index contributed by atoms with van der Waals surface area (Å²) in [4.78, 5) is 13.7. The monoisotopic (exact) mass is 482 g/mol. The van der Waals surface area contributed by atoms with Crippen LogP contribution in [0.15, 0.2) is 82.6 Å². The van der Waals surface area contributed by atoms with Gasteiger partial charge in [0.25, 0.3) is 0 Å². The van der Waals surface area contributed by atoms with Crippen LogP contribution < -0.4 is 4.74 Å². The molecule has 0 bridgehead atoms. The molecule has 4 nitrogen and oxygen atoms in total. The Kier molecular flexibility index (Phi) is 8.26. The maximum Gasteiger partial charge on any atom is 0.307 e. The molecule has 180 valence electrons. The number of benzene rings is 3. The van der Waals surface area contributed by atoms with Crippen LogP contribution in [-0.2, 0) is 20.3 Å². The molecule has 0 fully saturated rings. The molecule has 0 aromatic heterocycles. The van der Waals surface area contributed by atoms with Crippen LogP contribution in [0.25, 0.3) is 0 Å². The number of hydrogen-bond acceptors (Lipinski definition) is 4. The van der Waals surface area contributed by atoms with Gasteiger partial charge in [0.15, 0.2) is 0 Å². The molecule has 3 aromatic carbocycles. The molecule has 3 atom stereocenters. The number of ether oxygens (including phenoxy) is 2. The smallest absolute Gasteiger partial charge is 0.307 e. The van der Waals surface area contributed by atoms with Crippen LogP contribution >= 0.6 is 0 Å². The molecule has 0 spiro atoms. The third kappa shape index (κ3) is 6.54. The van der Waals surface area contributed by atoms with E-state index in [1.807, 2.05) is 19.1 Å². The summed E-state index contributed by atoms with van der Waals surface area (Å²) < 4.78 is 40.4. The number of carbonyl (C=O) groups is 1. The summed E-state index contributed by atoms with van der Waals surface area (Å²) in [5.74, 6) is -0.680. The van der Waals surface area contributed by atoms with Gasteiger partial charge in [-0.25, -0.2) is 8.60 Å². The van der Waals surface area contributed by atoms with Crippen LogP contribution in [0, 0.1) is 6.92 Å². The second-order valence-corrected chi connectivity index (χ2v) is 10.6. The molecule has 3 rings (SSSR count). The lowest BCUT2D eigenvalue weighted by molar-refractivity contribution is -0.155. The van der Waals surface area contributed by atoms with Gasteiger partial charge < -0.3 is 9.47 Å². The molecule has 0 aliphatic carbocycles. The molecule has 0 radical (unpaired) electrons. The van der Waals surface area contributed by atoms with Gasteiger partial charge in [0.2, 0.25) is 0 Å². The topological polar surface area (TPSA) is 52.6 Å². The zero-order valence-electron chi connectivity index (χ0n) is 20.2. The lowest BCUT2D eigenvalue weighted by Gasteiger charge is -2.26. The van der Waals surface area contributed by atoms with E-state index in [1.54, 1.807) is 88.5 Å². The number of methoxy groups -OCH3 is 1. The van der Waals surface area contributed by atoms with Crippen molar-refractivity contribution in [2.75, 3.05) is 7.11 Å². The minimum absolute atomic E-state index is 0.156. The van der Waals surface area contributed by atoms with Crippen LogP contribution in [0.3, 0.4) is 0 Å². The van der Waals surface area contributed by atoms with Crippen LogP contribution in [0.1, 0.15) is 56.0 Å². The Morgan fingerprint density at radius 3 is 2.18 bits per heavy atom. The number of aryl methyl sites for hydroxylation is 1. The molecule has 3 aromatic rings. The minimum Gasteiger partial charge on any atom is -0.497 e. The van der Waals surface area contributed by atoms with Gasteiger partial charge in [0.05, 0.1) is 24.3 Å². The minimum atomic E-state index is -1.58. The fourth-order valence-electron chi connectivity index (χ4n) is 3.69. The standard InChI is InChI=1S/C28H31FO4S/c1-19-10-16-22(17-11-19)34(31)25-9-7-6-8-23(25)27(29)24(18-26(30)33-28(2,3)4)20-12-14-21(32-5)15-13-20/h6-17,24,27H,18H2,1-5H3/t24-,27+,34+/m1/s1. The van der Waals surface area contributed by atoms with E-state index in [2.05, 4.69) is 0 Å². The van der Waals surface area contributed by atoms with E-state index in [0.717, 1.165) is 5.56 Å². The van der Waals surface area contributed by atoms with E-state index in [9.17, 15) is 9.00 Å². The summed E-state index contributed by atoms with van der Waals surface area (Å²) in [6.45, 7) is 7.29. The highest BCUT2D eigenvalue weighted by Gasteiger charge is 2.32. The molecule has 6 heteroatoms. The second kappa shape index (κ2) is 11.0. The van der Waals surface area contributed by atoms with E-state index >= 15 is 4.39 Å². The lowest BCUT2D eigenvalue weighted by atomic mass is 9.87. The first-order valence-electron chi connectivity index (χ1n) is 11.2. The van der Waals surface area contributed by atoms with Crippen molar-refractivity contribution in [2.45, 2.75) is 61.6 Å². The van der Waals surface area contributed by atoms with Gasteiger partial charge in [0, 0.05) is 21.3 Å². The molecule has 0 aliphatic rings. The Morgan fingerprint density at radius 1 is 0.971 bits per heavy atom. The van der Waals surface area contributed by atoms with Crippen molar-refractivity contribution in [1.29, 1.82) is 0 Å². The lowest BCUT2D eigenvalue weighted by Crippen LogP contribution is -2.26. The normalized spacial score (nSPS) is 14.2. The van der Waals surface area contributed by atoms with E-state index in [1.165, 1.54) is 0 Å². The SMILES string of the molecule is COc1ccc([C@@H](CC(=O)OC(C)(C)C)[C@@H](F)c2ccccc2[S@@](=O)c2ccc(C)cc2)cc1. The summed E-state index contributed by atoms with van der Waals surface area (Å²) in [6.07, 6.45) is -1.73. The van der Waals surface area contributed by atoms with Gasteiger partial charge in [0.1, 0.15) is 17.5 Å². The predicted octanol–water partition coefficient (Wildman–Crippen LogP) is 6.70. The Hall–Kier alpha value is -2.99. The summed E-state index contributed by atoms with van der Waals surface area (Å²) in [5, 5.41) is 0. The Morgan fingerprint density at radius 2 is 1.59 bits per heavy atom. The quantitative estimate of drug-likeness (QED) is 0.335. The average molecular weight is 483 g/mol. The Bertz CT molecular complexity index is 1130. The van der Waals surface area contributed by atoms with Crippen LogP contribution in [-0.4, -0.2) is 22.9 Å². The highest BCUT2D eigenvalue weighted by Crippen LogP contribution is 2.40. The van der Waals surface area contributed by atoms with Crippen molar-refractivity contribution < 1.29 is 22.9 Å². The maximum absolute atomic E-state index is 16.3. The first kappa shape index (κ1) is 25.6. The zero-order chi connectivity index (χ0) is 24.9. The summed E-state index contributed by atoms with van der Waals surface area (Å²) >= 11 is 0. The molecule has 0 saturated carbocycles. The highest BCUT2D eigenvalue weighted by atomic mass is 32.2. The highest BCUT2D eigenvalue weighted by molar-refractivity contribution is 7.85. The molecule has 0 aliphatic heterocycles. The van der Waals surface area contributed by atoms with Crippen LogP contribution in [0.5, 0.6) is 5.75 Å². The predicted molar refractivity (Wildman–Crippen MR) is 132 cm³/mol. The Labute approximate surface area is 203 Å². The fraction of sp³-hybridized carbons (Fsp3) is 0.321. The van der Waals surface area contributed by atoms with Gasteiger partial charge in [-0.05, 0) is 63.6 Å². The van der Waals surface area contributed by atoms with Gasteiger partial charge in [-0.1, -0.05) is 48.0 Å². The largest absolute Gasteiger partial charge is 0.497 e. The van der Waals surface area contributed by atoms with Crippen molar-refractivity contribution >= 4 is 16.8 Å². The summed E-state index contributed by atoms with van der Waals surface area (Å²) in [6, 6.07) is 21.1. The molecular formula is C28H31FO4S. The number of halogens is 1. The third-order valence-electron chi connectivity index (χ3n) is 5.35. The molecule has 34 heavy (non-hydrogen) atoms. The first-order chi connectivity index (χ1) is 16.1. The average Bonchev–Trinajstić information content (AvgIpc) is 2.81. The van der Waals surface area contributed by atoms with Gasteiger partial charge >= 0.3 is 5.97 Å². The summed E-state index contributed by atoms with van der Waals surface area (Å²) in [5.41, 5.74) is 1.30. The van der Waals surface area contributed by atoms with Crippen molar-refractivity contribution in [3.8, 4) is 5.75 Å². The van der Waals surface area contributed by atoms with E-state index < -0.39 is 34.5 Å². The molecular weight excluding hydrogens is 451 g/mol. The molecule has 0 unspecified atom stereocenters. The Balaban J connectivity index is 2.00. The molecule has 0 heterocycles. The first-order valence-corrected chi connectivity index (χ1v) is 12.3. The van der Waals surface area contributed by atoms with Crippen molar-refractivity contribution in [3.63, 3.8) is 0 Å². The van der Waals surface area contributed by atoms with Crippen molar-refractivity contribution in [2.24, 2.45) is 0 Å². The third-order valence-corrected chi connectivity index (χ3v) is 6.83. The van der Waals surface area contributed by atoms with Crippen LogP contribution in [0.2, 0.25) is 0 Å². The van der Waals surface area contributed by atoms with Gasteiger partial charge in [-0.15, -0.1) is 0 Å². The van der Waals surface area contributed by atoms with Gasteiger partial charge in [-0.2, -0.15) is 0 Å². The number of carbonyl (C=O) groups excluding carboxylic acids is 1. The second-order valence-electron chi connectivity index (χ2n) is 9.19. The van der Waals surface area contributed by atoms with E-state index in [-0.39, 0.29) is 6.42 Å². The van der Waals surface area contributed by atoms with Crippen LogP contribution in [0.4, 0.5) is 4.39 Å².